The van der Waals surface area contributed by atoms with Gasteiger partial charge in [-0.25, -0.2) is 0 Å². The molecule has 4 heteroatoms. The first-order valence-electron chi connectivity index (χ1n) is 5.95. The first-order chi connectivity index (χ1) is 9.06. The Morgan fingerprint density at radius 2 is 1.89 bits per heavy atom. The Bertz CT molecular complexity index is 594. The van der Waals surface area contributed by atoms with Gasteiger partial charge in [-0.2, -0.15) is 0 Å². The summed E-state index contributed by atoms with van der Waals surface area (Å²) in [7, 11) is 0. The first-order valence-corrected chi connectivity index (χ1v) is 6.74. The second-order valence-corrected chi connectivity index (χ2v) is 5.30. The van der Waals surface area contributed by atoms with Gasteiger partial charge in [0.2, 0.25) is 0 Å². The molecule has 0 atom stereocenters. The Morgan fingerprint density at radius 3 is 2.53 bits per heavy atom. The van der Waals surface area contributed by atoms with Crippen LogP contribution in [0.4, 0.5) is 5.69 Å². The molecule has 1 amide bonds. The minimum Gasteiger partial charge on any atom is -0.399 e. The Kier molecular flexibility index (Phi) is 4.22. The molecule has 0 bridgehead atoms. The van der Waals surface area contributed by atoms with Gasteiger partial charge in [-0.05, 0) is 48.4 Å². The molecule has 0 saturated carbocycles. The molecular weight excluding hydrogens is 304 g/mol. The van der Waals surface area contributed by atoms with Gasteiger partial charge in [0.25, 0.3) is 5.91 Å². The largest absolute Gasteiger partial charge is 0.399 e. The zero-order chi connectivity index (χ0) is 13.8. The number of hydrogen-bond donors (Lipinski definition) is 2. The summed E-state index contributed by atoms with van der Waals surface area (Å²) in [4.78, 5) is 12.0. The fourth-order valence-electron chi connectivity index (χ4n) is 1.70. The number of nitrogen functional groups attached to an aromatic ring is 1. The van der Waals surface area contributed by atoms with Crippen LogP contribution in [0.3, 0.4) is 0 Å². The minimum absolute atomic E-state index is 0.0916. The van der Waals surface area contributed by atoms with Crippen molar-refractivity contribution in [2.75, 3.05) is 5.73 Å². The molecule has 0 aromatic heterocycles. The van der Waals surface area contributed by atoms with E-state index in [9.17, 15) is 4.79 Å². The quantitative estimate of drug-likeness (QED) is 0.853. The van der Waals surface area contributed by atoms with Gasteiger partial charge in [0.1, 0.15) is 0 Å². The Morgan fingerprint density at radius 1 is 1.21 bits per heavy atom. The number of amides is 1. The van der Waals surface area contributed by atoms with Crippen LogP contribution in [0.2, 0.25) is 0 Å². The molecule has 3 nitrogen and oxygen atoms in total. The Labute approximate surface area is 121 Å². The van der Waals surface area contributed by atoms with E-state index in [-0.39, 0.29) is 5.91 Å². The molecule has 0 fully saturated rings. The van der Waals surface area contributed by atoms with Crippen LogP contribution in [0.5, 0.6) is 0 Å². The molecule has 0 aliphatic carbocycles. The molecule has 2 aromatic rings. The topological polar surface area (TPSA) is 55.1 Å². The van der Waals surface area contributed by atoms with Crippen molar-refractivity contribution in [1.29, 1.82) is 0 Å². The fraction of sp³-hybridized carbons (Fsp3) is 0.133. The van der Waals surface area contributed by atoms with Crippen LogP contribution in [-0.2, 0) is 6.54 Å². The van der Waals surface area contributed by atoms with Crippen molar-refractivity contribution in [3.8, 4) is 0 Å². The van der Waals surface area contributed by atoms with E-state index < -0.39 is 0 Å². The monoisotopic (exact) mass is 318 g/mol. The van der Waals surface area contributed by atoms with E-state index in [1.54, 1.807) is 18.2 Å². The van der Waals surface area contributed by atoms with Crippen molar-refractivity contribution in [3.63, 3.8) is 0 Å². The maximum Gasteiger partial charge on any atom is 0.251 e. The van der Waals surface area contributed by atoms with Crippen LogP contribution in [0.15, 0.2) is 46.9 Å². The first kappa shape index (κ1) is 13.6. The third-order valence-electron chi connectivity index (χ3n) is 2.90. The standard InChI is InChI=1S/C15H15BrN2O/c1-10-8-12(4-7-14(10)17)15(19)18-9-11-2-5-13(16)6-3-11/h2-8H,9,17H2,1H3,(H,18,19). The summed E-state index contributed by atoms with van der Waals surface area (Å²) in [6.45, 7) is 2.40. The van der Waals surface area contributed by atoms with Gasteiger partial charge in [0, 0.05) is 22.3 Å². The summed E-state index contributed by atoms with van der Waals surface area (Å²) in [5.74, 6) is -0.0916. The number of benzene rings is 2. The van der Waals surface area contributed by atoms with Crippen LogP contribution in [0.1, 0.15) is 21.5 Å². The second kappa shape index (κ2) is 5.89. The van der Waals surface area contributed by atoms with Gasteiger partial charge >= 0.3 is 0 Å². The van der Waals surface area contributed by atoms with E-state index >= 15 is 0 Å². The molecule has 2 aromatic carbocycles. The number of halogens is 1. The van der Waals surface area contributed by atoms with Crippen molar-refractivity contribution in [2.45, 2.75) is 13.5 Å². The van der Waals surface area contributed by atoms with E-state index in [0.717, 1.165) is 15.6 Å². The molecule has 19 heavy (non-hydrogen) atoms. The van der Waals surface area contributed by atoms with E-state index in [1.807, 2.05) is 31.2 Å². The Hall–Kier alpha value is -1.81. The molecule has 98 valence electrons. The average molecular weight is 319 g/mol. The second-order valence-electron chi connectivity index (χ2n) is 4.38. The number of rotatable bonds is 3. The summed E-state index contributed by atoms with van der Waals surface area (Å²) in [6, 6.07) is 13.1. The molecule has 0 heterocycles. The molecule has 0 saturated heterocycles. The predicted molar refractivity (Wildman–Crippen MR) is 80.9 cm³/mol. The number of hydrogen-bond acceptors (Lipinski definition) is 2. The lowest BCUT2D eigenvalue weighted by atomic mass is 10.1. The lowest BCUT2D eigenvalue weighted by Crippen LogP contribution is -2.22. The van der Waals surface area contributed by atoms with Crippen molar-refractivity contribution < 1.29 is 4.79 Å². The summed E-state index contributed by atoms with van der Waals surface area (Å²) in [6.07, 6.45) is 0. The third-order valence-corrected chi connectivity index (χ3v) is 3.43. The van der Waals surface area contributed by atoms with Crippen molar-refractivity contribution in [2.24, 2.45) is 0 Å². The number of carbonyl (C=O) groups excluding carboxylic acids is 1. The van der Waals surface area contributed by atoms with Crippen LogP contribution < -0.4 is 11.1 Å². The highest BCUT2D eigenvalue weighted by Gasteiger charge is 2.06. The maximum atomic E-state index is 12.0. The van der Waals surface area contributed by atoms with E-state index in [2.05, 4.69) is 21.2 Å². The van der Waals surface area contributed by atoms with Crippen molar-refractivity contribution >= 4 is 27.5 Å². The predicted octanol–water partition coefficient (Wildman–Crippen LogP) is 3.27. The molecular formula is C15H15BrN2O. The van der Waals surface area contributed by atoms with Gasteiger partial charge < -0.3 is 11.1 Å². The smallest absolute Gasteiger partial charge is 0.251 e. The molecule has 0 aliphatic heterocycles. The van der Waals surface area contributed by atoms with Gasteiger partial charge in [-0.15, -0.1) is 0 Å². The Balaban J connectivity index is 2.01. The molecule has 0 aliphatic rings. The molecule has 3 N–H and O–H groups in total. The number of aryl methyl sites for hydroxylation is 1. The number of nitrogens with two attached hydrogens (primary N) is 1. The summed E-state index contributed by atoms with van der Waals surface area (Å²) in [5.41, 5.74) is 9.03. The van der Waals surface area contributed by atoms with Crippen LogP contribution >= 0.6 is 15.9 Å². The van der Waals surface area contributed by atoms with E-state index in [4.69, 9.17) is 5.73 Å². The number of anilines is 1. The molecule has 0 unspecified atom stereocenters. The average Bonchev–Trinajstić information content (AvgIpc) is 2.41. The van der Waals surface area contributed by atoms with Gasteiger partial charge in [0.15, 0.2) is 0 Å². The number of nitrogens with one attached hydrogen (secondary N) is 1. The lowest BCUT2D eigenvalue weighted by Gasteiger charge is -2.07. The minimum atomic E-state index is -0.0916. The highest BCUT2D eigenvalue weighted by Crippen LogP contribution is 2.13. The van der Waals surface area contributed by atoms with Gasteiger partial charge in [-0.3, -0.25) is 4.79 Å². The summed E-state index contributed by atoms with van der Waals surface area (Å²) >= 11 is 3.38. The number of carbonyl (C=O) groups is 1. The van der Waals surface area contributed by atoms with Gasteiger partial charge in [-0.1, -0.05) is 28.1 Å². The zero-order valence-corrected chi connectivity index (χ0v) is 12.2. The SMILES string of the molecule is Cc1cc(C(=O)NCc2ccc(Br)cc2)ccc1N. The fourth-order valence-corrected chi connectivity index (χ4v) is 1.97. The van der Waals surface area contributed by atoms with Gasteiger partial charge in [0.05, 0.1) is 0 Å². The maximum absolute atomic E-state index is 12.0. The molecule has 2 rings (SSSR count). The molecule has 0 spiro atoms. The third kappa shape index (κ3) is 3.58. The zero-order valence-electron chi connectivity index (χ0n) is 10.6. The summed E-state index contributed by atoms with van der Waals surface area (Å²) in [5, 5.41) is 2.89. The summed E-state index contributed by atoms with van der Waals surface area (Å²) < 4.78 is 1.02. The van der Waals surface area contributed by atoms with E-state index in [1.165, 1.54) is 0 Å². The molecule has 0 radical (unpaired) electrons. The van der Waals surface area contributed by atoms with Crippen LogP contribution in [0, 0.1) is 6.92 Å². The van der Waals surface area contributed by atoms with Crippen molar-refractivity contribution in [3.05, 3.63) is 63.6 Å². The van der Waals surface area contributed by atoms with Crippen LogP contribution in [-0.4, -0.2) is 5.91 Å². The lowest BCUT2D eigenvalue weighted by molar-refractivity contribution is 0.0951. The normalized spacial score (nSPS) is 10.2. The highest BCUT2D eigenvalue weighted by molar-refractivity contribution is 9.10. The van der Waals surface area contributed by atoms with Crippen LogP contribution in [0.25, 0.3) is 0 Å². The van der Waals surface area contributed by atoms with Crippen molar-refractivity contribution in [1.82, 2.24) is 5.32 Å². The van der Waals surface area contributed by atoms with E-state index in [0.29, 0.717) is 17.8 Å². The highest BCUT2D eigenvalue weighted by atomic mass is 79.9.